The molecule has 0 unspecified atom stereocenters. The van der Waals surface area contributed by atoms with Crippen LogP contribution in [0.1, 0.15) is 5.56 Å². The van der Waals surface area contributed by atoms with Crippen LogP contribution >= 0.6 is 11.3 Å². The summed E-state index contributed by atoms with van der Waals surface area (Å²) in [4.78, 5) is 0. The lowest BCUT2D eigenvalue weighted by molar-refractivity contribution is 1.25. The molecule has 0 saturated heterocycles. The standard InChI is InChI=1S/C15H14N2S/c16-9-8-13(17)12-6-3-5-11-10-4-1-2-7-14(10)18-15(11)12/h1-8H,9,16-17H2/b13-8-. The largest absolute Gasteiger partial charge is 0.398 e. The van der Waals surface area contributed by atoms with Crippen LogP contribution in [0.25, 0.3) is 25.9 Å². The van der Waals surface area contributed by atoms with Gasteiger partial charge in [-0.2, -0.15) is 0 Å². The maximum Gasteiger partial charge on any atom is 0.0448 e. The Balaban J connectivity index is 2.38. The first-order valence-corrected chi connectivity index (χ1v) is 6.69. The van der Waals surface area contributed by atoms with Gasteiger partial charge in [0.15, 0.2) is 0 Å². The van der Waals surface area contributed by atoms with E-state index in [4.69, 9.17) is 11.5 Å². The highest BCUT2D eigenvalue weighted by Gasteiger charge is 2.09. The monoisotopic (exact) mass is 254 g/mol. The first-order valence-electron chi connectivity index (χ1n) is 5.87. The van der Waals surface area contributed by atoms with Gasteiger partial charge in [-0.25, -0.2) is 0 Å². The van der Waals surface area contributed by atoms with E-state index >= 15 is 0 Å². The number of benzene rings is 2. The molecule has 0 bridgehead atoms. The van der Waals surface area contributed by atoms with E-state index in [-0.39, 0.29) is 0 Å². The molecule has 0 saturated carbocycles. The zero-order chi connectivity index (χ0) is 12.5. The number of rotatable bonds is 2. The molecule has 1 heterocycles. The van der Waals surface area contributed by atoms with Crippen molar-refractivity contribution in [1.29, 1.82) is 0 Å². The van der Waals surface area contributed by atoms with Crippen LogP contribution in [0, 0.1) is 0 Å². The van der Waals surface area contributed by atoms with Crippen LogP contribution in [-0.2, 0) is 0 Å². The second-order valence-electron chi connectivity index (χ2n) is 4.18. The minimum Gasteiger partial charge on any atom is -0.398 e. The Kier molecular flexibility index (Phi) is 2.78. The van der Waals surface area contributed by atoms with Gasteiger partial charge in [0.1, 0.15) is 0 Å². The van der Waals surface area contributed by atoms with Gasteiger partial charge in [-0.1, -0.05) is 36.4 Å². The summed E-state index contributed by atoms with van der Waals surface area (Å²) in [5.41, 5.74) is 13.5. The van der Waals surface area contributed by atoms with Crippen LogP contribution < -0.4 is 11.5 Å². The summed E-state index contributed by atoms with van der Waals surface area (Å²) < 4.78 is 2.53. The van der Waals surface area contributed by atoms with Crippen LogP contribution in [-0.4, -0.2) is 6.54 Å². The molecule has 0 spiro atoms. The topological polar surface area (TPSA) is 52.0 Å². The smallest absolute Gasteiger partial charge is 0.0448 e. The minimum absolute atomic E-state index is 0.465. The number of nitrogens with two attached hydrogens (primary N) is 2. The first kappa shape index (κ1) is 11.3. The van der Waals surface area contributed by atoms with Gasteiger partial charge >= 0.3 is 0 Å². The summed E-state index contributed by atoms with van der Waals surface area (Å²) in [6.07, 6.45) is 1.86. The van der Waals surface area contributed by atoms with Gasteiger partial charge in [0, 0.05) is 38.0 Å². The second-order valence-corrected chi connectivity index (χ2v) is 5.23. The first-order chi connectivity index (χ1) is 8.81. The van der Waals surface area contributed by atoms with Crippen molar-refractivity contribution in [2.24, 2.45) is 11.5 Å². The van der Waals surface area contributed by atoms with Crippen LogP contribution in [0.3, 0.4) is 0 Å². The minimum atomic E-state index is 0.465. The quantitative estimate of drug-likeness (QED) is 0.737. The van der Waals surface area contributed by atoms with Gasteiger partial charge in [-0.05, 0) is 12.1 Å². The SMILES string of the molecule is NC/C=C(\N)c1cccc2c1sc1ccccc12. The van der Waals surface area contributed by atoms with Gasteiger partial charge in [0.2, 0.25) is 0 Å². The fraction of sp³-hybridized carbons (Fsp3) is 0.0667. The van der Waals surface area contributed by atoms with E-state index in [2.05, 4.69) is 36.4 Å². The Labute approximate surface area is 110 Å². The molecule has 3 aromatic rings. The van der Waals surface area contributed by atoms with E-state index in [0.29, 0.717) is 6.54 Å². The van der Waals surface area contributed by atoms with E-state index in [9.17, 15) is 0 Å². The van der Waals surface area contributed by atoms with Gasteiger partial charge in [-0.15, -0.1) is 11.3 Å². The van der Waals surface area contributed by atoms with E-state index < -0.39 is 0 Å². The van der Waals surface area contributed by atoms with Crippen molar-refractivity contribution in [3.8, 4) is 0 Å². The Hall–Kier alpha value is -1.84. The van der Waals surface area contributed by atoms with Crippen LogP contribution in [0.2, 0.25) is 0 Å². The van der Waals surface area contributed by atoms with Gasteiger partial charge in [0.25, 0.3) is 0 Å². The fourth-order valence-electron chi connectivity index (χ4n) is 2.21. The lowest BCUT2D eigenvalue weighted by atomic mass is 10.1. The molecule has 3 heteroatoms. The zero-order valence-corrected chi connectivity index (χ0v) is 10.7. The molecule has 3 rings (SSSR count). The Morgan fingerprint density at radius 2 is 1.83 bits per heavy atom. The van der Waals surface area contributed by atoms with E-state index in [1.165, 1.54) is 20.2 Å². The molecule has 90 valence electrons. The Bertz CT molecular complexity index is 740. The molecular formula is C15H14N2S. The lowest BCUT2D eigenvalue weighted by Crippen LogP contribution is -2.02. The number of thiophene rings is 1. The molecule has 0 aliphatic carbocycles. The summed E-state index contributed by atoms with van der Waals surface area (Å²) in [5.74, 6) is 0. The van der Waals surface area contributed by atoms with Gasteiger partial charge in [-0.3, -0.25) is 0 Å². The maximum absolute atomic E-state index is 6.08. The molecule has 4 N–H and O–H groups in total. The molecule has 18 heavy (non-hydrogen) atoms. The van der Waals surface area contributed by atoms with E-state index in [1.54, 1.807) is 11.3 Å². The molecule has 0 aliphatic heterocycles. The summed E-state index contributed by atoms with van der Waals surface area (Å²) in [5, 5.41) is 2.56. The molecule has 1 aromatic heterocycles. The third kappa shape index (κ3) is 1.68. The number of hydrogen-bond donors (Lipinski definition) is 2. The molecule has 0 radical (unpaired) electrons. The number of hydrogen-bond acceptors (Lipinski definition) is 3. The van der Waals surface area contributed by atoms with Crippen LogP contribution in [0.5, 0.6) is 0 Å². The van der Waals surface area contributed by atoms with Gasteiger partial charge in [0.05, 0.1) is 0 Å². The Morgan fingerprint density at radius 1 is 1.06 bits per heavy atom. The number of fused-ring (bicyclic) bond motifs is 3. The predicted octanol–water partition coefficient (Wildman–Crippen LogP) is 3.31. The Morgan fingerprint density at radius 3 is 2.67 bits per heavy atom. The molecule has 0 amide bonds. The third-order valence-corrected chi connectivity index (χ3v) is 4.27. The van der Waals surface area contributed by atoms with Crippen molar-refractivity contribution in [3.63, 3.8) is 0 Å². The van der Waals surface area contributed by atoms with Crippen molar-refractivity contribution >= 4 is 37.2 Å². The van der Waals surface area contributed by atoms with Crippen molar-refractivity contribution in [1.82, 2.24) is 0 Å². The van der Waals surface area contributed by atoms with E-state index in [0.717, 1.165) is 11.3 Å². The normalized spacial score (nSPS) is 12.4. The van der Waals surface area contributed by atoms with Gasteiger partial charge < -0.3 is 11.5 Å². The second kappa shape index (κ2) is 4.44. The van der Waals surface area contributed by atoms with Crippen molar-refractivity contribution in [3.05, 3.63) is 54.1 Å². The van der Waals surface area contributed by atoms with E-state index in [1.807, 2.05) is 12.1 Å². The summed E-state index contributed by atoms with van der Waals surface area (Å²) in [6, 6.07) is 14.7. The van der Waals surface area contributed by atoms with Crippen molar-refractivity contribution in [2.45, 2.75) is 0 Å². The average molecular weight is 254 g/mol. The average Bonchev–Trinajstić information content (AvgIpc) is 2.77. The summed E-state index contributed by atoms with van der Waals surface area (Å²) in [6.45, 7) is 0.465. The zero-order valence-electron chi connectivity index (χ0n) is 9.89. The third-order valence-electron chi connectivity index (χ3n) is 3.05. The maximum atomic E-state index is 6.08. The predicted molar refractivity (Wildman–Crippen MR) is 80.5 cm³/mol. The highest BCUT2D eigenvalue weighted by Crippen LogP contribution is 2.36. The highest BCUT2D eigenvalue weighted by atomic mass is 32.1. The lowest BCUT2D eigenvalue weighted by Gasteiger charge is -2.02. The molecule has 2 aromatic carbocycles. The van der Waals surface area contributed by atoms with Crippen LogP contribution in [0.4, 0.5) is 0 Å². The summed E-state index contributed by atoms with van der Waals surface area (Å²) in [7, 11) is 0. The van der Waals surface area contributed by atoms with Crippen LogP contribution in [0.15, 0.2) is 48.5 Å². The summed E-state index contributed by atoms with van der Waals surface area (Å²) >= 11 is 1.78. The molecule has 0 aliphatic rings. The van der Waals surface area contributed by atoms with Crippen molar-refractivity contribution < 1.29 is 0 Å². The molecule has 0 fully saturated rings. The molecular weight excluding hydrogens is 240 g/mol. The molecule has 0 atom stereocenters. The fourth-order valence-corrected chi connectivity index (χ4v) is 3.45. The molecule has 2 nitrogen and oxygen atoms in total. The highest BCUT2D eigenvalue weighted by molar-refractivity contribution is 7.26. The van der Waals surface area contributed by atoms with Crippen molar-refractivity contribution in [2.75, 3.05) is 6.54 Å².